The van der Waals surface area contributed by atoms with Crippen molar-refractivity contribution in [2.24, 2.45) is 5.73 Å². The van der Waals surface area contributed by atoms with Crippen LogP contribution in [0, 0.1) is 0 Å². The molecule has 2 rings (SSSR count). The molecule has 0 saturated heterocycles. The number of carbonyl (C=O) groups is 1. The van der Waals surface area contributed by atoms with E-state index in [9.17, 15) is 4.79 Å². The lowest BCUT2D eigenvalue weighted by atomic mass is 9.99. The van der Waals surface area contributed by atoms with Crippen molar-refractivity contribution >= 4 is 11.5 Å². The largest absolute Gasteiger partial charge is 0.366 e. The van der Waals surface area contributed by atoms with Crippen LogP contribution in [-0.4, -0.2) is 30.4 Å². The molecule has 0 atom stereocenters. The molecule has 1 aliphatic heterocycles. The molecular weight excluding hydrogens is 224 g/mol. The van der Waals surface area contributed by atoms with Gasteiger partial charge in [0.05, 0.1) is 0 Å². The Morgan fingerprint density at radius 1 is 1.33 bits per heavy atom. The van der Waals surface area contributed by atoms with Crippen molar-refractivity contribution in [3.63, 3.8) is 0 Å². The highest BCUT2D eigenvalue weighted by Gasteiger charge is 2.13. The minimum atomic E-state index is -0.369. The second-order valence-electron chi connectivity index (χ2n) is 4.74. The predicted octanol–water partition coefficient (Wildman–Crippen LogP) is 2.28. The second kappa shape index (κ2) is 5.83. The molecule has 0 unspecified atom stereocenters. The van der Waals surface area contributed by atoms with Gasteiger partial charge in [0.25, 0.3) is 0 Å². The fourth-order valence-corrected chi connectivity index (χ4v) is 2.37. The predicted molar refractivity (Wildman–Crippen MR) is 74.3 cm³/mol. The Hall–Kier alpha value is -1.61. The summed E-state index contributed by atoms with van der Waals surface area (Å²) in [5.74, 6) is -0.369. The molecule has 0 spiro atoms. The number of rotatable bonds is 4. The van der Waals surface area contributed by atoms with Crippen LogP contribution in [0.1, 0.15) is 35.7 Å². The molecule has 1 aliphatic rings. The highest BCUT2D eigenvalue weighted by atomic mass is 16.1. The first kappa shape index (κ1) is 12.8. The van der Waals surface area contributed by atoms with Gasteiger partial charge in [-0.1, -0.05) is 25.1 Å². The van der Waals surface area contributed by atoms with Crippen LogP contribution in [0.15, 0.2) is 30.3 Å². The van der Waals surface area contributed by atoms with Crippen LogP contribution in [0.25, 0.3) is 5.57 Å². The van der Waals surface area contributed by atoms with E-state index in [2.05, 4.69) is 17.9 Å². The molecule has 2 N–H and O–H groups in total. The SMILES string of the molecule is CCCN1CCC=C(c2ccc(C(N)=O)cc2)C1. The second-order valence-corrected chi connectivity index (χ2v) is 4.74. The third-order valence-corrected chi connectivity index (χ3v) is 3.31. The number of carbonyl (C=O) groups excluding carboxylic acids is 1. The van der Waals surface area contributed by atoms with Crippen LogP contribution in [0.3, 0.4) is 0 Å². The molecule has 0 aromatic heterocycles. The quantitative estimate of drug-likeness (QED) is 0.883. The van der Waals surface area contributed by atoms with E-state index in [0.29, 0.717) is 5.56 Å². The fourth-order valence-electron chi connectivity index (χ4n) is 2.37. The Morgan fingerprint density at radius 3 is 2.67 bits per heavy atom. The summed E-state index contributed by atoms with van der Waals surface area (Å²) < 4.78 is 0. The van der Waals surface area contributed by atoms with Gasteiger partial charge >= 0.3 is 0 Å². The standard InChI is InChI=1S/C15H20N2O/c1-2-9-17-10-3-4-14(11-17)12-5-7-13(8-6-12)15(16)18/h4-8H,2-3,9-11H2,1H3,(H2,16,18). The molecule has 0 bridgehead atoms. The molecule has 1 amide bonds. The van der Waals surface area contributed by atoms with E-state index in [-0.39, 0.29) is 5.91 Å². The van der Waals surface area contributed by atoms with E-state index in [1.54, 1.807) is 12.1 Å². The fraction of sp³-hybridized carbons (Fsp3) is 0.400. The summed E-state index contributed by atoms with van der Waals surface area (Å²) in [6.45, 7) is 5.51. The first-order valence-corrected chi connectivity index (χ1v) is 6.52. The summed E-state index contributed by atoms with van der Waals surface area (Å²) in [4.78, 5) is 13.5. The zero-order valence-electron chi connectivity index (χ0n) is 10.9. The molecule has 0 fully saturated rings. The molecular formula is C15H20N2O. The van der Waals surface area contributed by atoms with Gasteiger partial charge in [-0.2, -0.15) is 0 Å². The zero-order chi connectivity index (χ0) is 13.0. The summed E-state index contributed by atoms with van der Waals surface area (Å²) in [5, 5.41) is 0. The van der Waals surface area contributed by atoms with Crippen molar-refractivity contribution in [1.82, 2.24) is 4.90 Å². The van der Waals surface area contributed by atoms with Gasteiger partial charge in [0.2, 0.25) is 5.91 Å². The molecule has 3 heteroatoms. The molecule has 0 aliphatic carbocycles. The molecule has 0 saturated carbocycles. The van der Waals surface area contributed by atoms with E-state index in [0.717, 1.165) is 26.1 Å². The maximum atomic E-state index is 11.0. The summed E-state index contributed by atoms with van der Waals surface area (Å²) in [6, 6.07) is 7.58. The highest BCUT2D eigenvalue weighted by molar-refractivity contribution is 5.93. The molecule has 1 aromatic rings. The topological polar surface area (TPSA) is 46.3 Å². The molecule has 0 radical (unpaired) electrons. The Kier molecular flexibility index (Phi) is 4.15. The average Bonchev–Trinajstić information content (AvgIpc) is 2.39. The van der Waals surface area contributed by atoms with Gasteiger partial charge in [-0.15, -0.1) is 0 Å². The van der Waals surface area contributed by atoms with Crippen molar-refractivity contribution in [2.45, 2.75) is 19.8 Å². The lowest BCUT2D eigenvalue weighted by molar-refractivity contribution is 0.100. The minimum absolute atomic E-state index is 0.369. The van der Waals surface area contributed by atoms with Crippen LogP contribution in [-0.2, 0) is 0 Å². The molecule has 18 heavy (non-hydrogen) atoms. The third-order valence-electron chi connectivity index (χ3n) is 3.31. The van der Waals surface area contributed by atoms with Crippen molar-refractivity contribution in [2.75, 3.05) is 19.6 Å². The monoisotopic (exact) mass is 244 g/mol. The molecule has 1 aromatic carbocycles. The summed E-state index contributed by atoms with van der Waals surface area (Å²) in [5.41, 5.74) is 8.36. The average molecular weight is 244 g/mol. The number of nitrogens with two attached hydrogens (primary N) is 1. The van der Waals surface area contributed by atoms with Gasteiger partial charge in [-0.3, -0.25) is 9.69 Å². The summed E-state index contributed by atoms with van der Waals surface area (Å²) in [7, 11) is 0. The van der Waals surface area contributed by atoms with Gasteiger partial charge in [0.15, 0.2) is 0 Å². The van der Waals surface area contributed by atoms with Crippen LogP contribution in [0.4, 0.5) is 0 Å². The van der Waals surface area contributed by atoms with Crippen LogP contribution < -0.4 is 5.73 Å². The first-order chi connectivity index (χ1) is 8.70. The van der Waals surface area contributed by atoms with E-state index in [1.165, 1.54) is 17.6 Å². The Labute approximate surface area is 108 Å². The number of nitrogens with zero attached hydrogens (tertiary/aromatic N) is 1. The zero-order valence-corrected chi connectivity index (χ0v) is 10.9. The minimum Gasteiger partial charge on any atom is -0.366 e. The maximum Gasteiger partial charge on any atom is 0.248 e. The van der Waals surface area contributed by atoms with Crippen LogP contribution in [0.5, 0.6) is 0 Å². The van der Waals surface area contributed by atoms with E-state index < -0.39 is 0 Å². The number of hydrogen-bond donors (Lipinski definition) is 1. The van der Waals surface area contributed by atoms with Crippen LogP contribution >= 0.6 is 0 Å². The number of primary amides is 1. The Bertz CT molecular complexity index is 448. The number of amides is 1. The van der Waals surface area contributed by atoms with Crippen molar-refractivity contribution in [1.29, 1.82) is 0 Å². The van der Waals surface area contributed by atoms with Gasteiger partial charge in [-0.05, 0) is 42.7 Å². The van der Waals surface area contributed by atoms with E-state index in [4.69, 9.17) is 5.73 Å². The van der Waals surface area contributed by atoms with E-state index in [1.807, 2.05) is 12.1 Å². The van der Waals surface area contributed by atoms with Crippen molar-refractivity contribution in [3.8, 4) is 0 Å². The summed E-state index contributed by atoms with van der Waals surface area (Å²) >= 11 is 0. The van der Waals surface area contributed by atoms with Crippen molar-refractivity contribution in [3.05, 3.63) is 41.5 Å². The summed E-state index contributed by atoms with van der Waals surface area (Å²) in [6.07, 6.45) is 4.59. The van der Waals surface area contributed by atoms with E-state index >= 15 is 0 Å². The number of hydrogen-bond acceptors (Lipinski definition) is 2. The van der Waals surface area contributed by atoms with Gasteiger partial charge < -0.3 is 5.73 Å². The molecule has 3 nitrogen and oxygen atoms in total. The lowest BCUT2D eigenvalue weighted by Crippen LogP contribution is -2.30. The normalized spacial score (nSPS) is 16.4. The lowest BCUT2D eigenvalue weighted by Gasteiger charge is -2.27. The van der Waals surface area contributed by atoms with Gasteiger partial charge in [0.1, 0.15) is 0 Å². The molecule has 96 valence electrons. The Morgan fingerprint density at radius 2 is 2.06 bits per heavy atom. The molecule has 1 heterocycles. The Balaban J connectivity index is 2.11. The van der Waals surface area contributed by atoms with Gasteiger partial charge in [0, 0.05) is 18.7 Å². The number of benzene rings is 1. The van der Waals surface area contributed by atoms with Crippen molar-refractivity contribution < 1.29 is 4.79 Å². The van der Waals surface area contributed by atoms with Gasteiger partial charge in [-0.25, -0.2) is 0 Å². The smallest absolute Gasteiger partial charge is 0.248 e. The van der Waals surface area contributed by atoms with Crippen LogP contribution in [0.2, 0.25) is 0 Å². The third kappa shape index (κ3) is 2.99. The highest BCUT2D eigenvalue weighted by Crippen LogP contribution is 2.21. The maximum absolute atomic E-state index is 11.0. The first-order valence-electron chi connectivity index (χ1n) is 6.52.